The molecule has 0 radical (unpaired) electrons. The van der Waals surface area contributed by atoms with Crippen molar-refractivity contribution in [2.45, 2.75) is 207 Å². The van der Waals surface area contributed by atoms with Gasteiger partial charge in [-0.05, 0) is 43.4 Å². The Morgan fingerprint density at radius 1 is 0.341 bits per heavy atom. The van der Waals surface area contributed by atoms with Gasteiger partial charge in [-0.2, -0.15) is 0 Å². The zero-order chi connectivity index (χ0) is 31.8. The maximum absolute atomic E-state index is 6.46. The summed E-state index contributed by atoms with van der Waals surface area (Å²) in [6.45, 7) is 11.3. The fourth-order valence-electron chi connectivity index (χ4n) is 5.97. The molecule has 0 amide bonds. The summed E-state index contributed by atoms with van der Waals surface area (Å²) >= 11 is 0. The highest BCUT2D eigenvalue weighted by molar-refractivity contribution is 5.54. The minimum atomic E-state index is 0.740. The molecule has 0 spiro atoms. The van der Waals surface area contributed by atoms with Crippen LogP contribution in [0.4, 0.5) is 0 Å². The number of unbranched alkanes of at least 4 members (excludes halogenated alkanes) is 24. The number of aryl methyl sites for hydroxylation is 1. The van der Waals surface area contributed by atoms with Gasteiger partial charge in [0, 0.05) is 0 Å². The van der Waals surface area contributed by atoms with Gasteiger partial charge in [0.2, 0.25) is 5.75 Å². The predicted octanol–water partition coefficient (Wildman–Crippen LogP) is 14.0. The second-order valence-corrected chi connectivity index (χ2v) is 13.3. The Morgan fingerprint density at radius 2 is 0.614 bits per heavy atom. The summed E-state index contributed by atoms with van der Waals surface area (Å²) in [7, 11) is 0. The number of hydrogen-bond acceptors (Lipinski definition) is 3. The number of benzene rings is 1. The molecule has 0 unspecified atom stereocenters. The number of rotatable bonds is 34. The SMILES string of the molecule is CCCCCCCCCCCOc1cc(CC)cc(OCCCCCCCCCCC)c1OCCCCCCCCCCC. The maximum atomic E-state index is 6.46. The Labute approximate surface area is 276 Å². The van der Waals surface area contributed by atoms with E-state index in [1.807, 2.05) is 0 Å². The summed E-state index contributed by atoms with van der Waals surface area (Å²) in [4.78, 5) is 0. The molecule has 0 bridgehead atoms. The predicted molar refractivity (Wildman–Crippen MR) is 194 cm³/mol. The van der Waals surface area contributed by atoms with E-state index in [-0.39, 0.29) is 0 Å². The topological polar surface area (TPSA) is 27.7 Å². The zero-order valence-electron chi connectivity index (χ0n) is 30.3. The van der Waals surface area contributed by atoms with E-state index in [0.717, 1.165) is 62.8 Å². The summed E-state index contributed by atoms with van der Waals surface area (Å²) in [5.74, 6) is 2.62. The van der Waals surface area contributed by atoms with Crippen molar-refractivity contribution in [2.75, 3.05) is 19.8 Å². The average Bonchev–Trinajstić information content (AvgIpc) is 3.04. The van der Waals surface area contributed by atoms with Gasteiger partial charge >= 0.3 is 0 Å². The summed E-state index contributed by atoms with van der Waals surface area (Å²) in [6.07, 6.45) is 36.7. The van der Waals surface area contributed by atoms with Gasteiger partial charge in [0.1, 0.15) is 0 Å². The molecule has 0 atom stereocenters. The molecule has 0 aliphatic rings. The van der Waals surface area contributed by atoms with Crippen molar-refractivity contribution >= 4 is 0 Å². The average molecular weight is 617 g/mol. The fraction of sp³-hybridized carbons (Fsp3) is 0.854. The molecule has 1 aromatic carbocycles. The Bertz CT molecular complexity index is 686. The van der Waals surface area contributed by atoms with Crippen LogP contribution < -0.4 is 14.2 Å². The normalized spacial score (nSPS) is 11.3. The van der Waals surface area contributed by atoms with E-state index in [2.05, 4.69) is 39.8 Å². The molecule has 44 heavy (non-hydrogen) atoms. The van der Waals surface area contributed by atoms with Crippen molar-refractivity contribution in [1.29, 1.82) is 0 Å². The summed E-state index contributed by atoms with van der Waals surface area (Å²) in [6, 6.07) is 4.40. The minimum absolute atomic E-state index is 0.740. The van der Waals surface area contributed by atoms with Crippen LogP contribution in [0, 0.1) is 0 Å². The van der Waals surface area contributed by atoms with Gasteiger partial charge in [0.15, 0.2) is 11.5 Å². The van der Waals surface area contributed by atoms with Crippen LogP contribution in [0.25, 0.3) is 0 Å². The Morgan fingerprint density at radius 3 is 0.909 bits per heavy atom. The van der Waals surface area contributed by atoms with Crippen molar-refractivity contribution in [1.82, 2.24) is 0 Å². The first-order valence-electron chi connectivity index (χ1n) is 19.8. The molecule has 0 aromatic heterocycles. The van der Waals surface area contributed by atoms with E-state index in [1.165, 1.54) is 160 Å². The second-order valence-electron chi connectivity index (χ2n) is 13.3. The van der Waals surface area contributed by atoms with Crippen LogP contribution >= 0.6 is 0 Å². The van der Waals surface area contributed by atoms with Crippen LogP contribution in [0.1, 0.15) is 207 Å². The number of hydrogen-bond donors (Lipinski definition) is 0. The first kappa shape index (κ1) is 40.6. The molecule has 1 aromatic rings. The van der Waals surface area contributed by atoms with Gasteiger partial charge in [-0.15, -0.1) is 0 Å². The number of ether oxygens (including phenoxy) is 3. The van der Waals surface area contributed by atoms with Crippen LogP contribution in [-0.4, -0.2) is 19.8 Å². The third-order valence-corrected chi connectivity index (χ3v) is 8.99. The second kappa shape index (κ2) is 31.6. The van der Waals surface area contributed by atoms with Crippen LogP contribution in [0.2, 0.25) is 0 Å². The van der Waals surface area contributed by atoms with Crippen LogP contribution in [-0.2, 0) is 6.42 Å². The molecule has 0 fully saturated rings. The van der Waals surface area contributed by atoms with Gasteiger partial charge in [-0.25, -0.2) is 0 Å². The first-order chi connectivity index (χ1) is 21.8. The van der Waals surface area contributed by atoms with Crippen molar-refractivity contribution in [3.8, 4) is 17.2 Å². The van der Waals surface area contributed by atoms with Crippen molar-refractivity contribution < 1.29 is 14.2 Å². The highest BCUT2D eigenvalue weighted by atomic mass is 16.5. The third kappa shape index (κ3) is 23.0. The lowest BCUT2D eigenvalue weighted by atomic mass is 10.1. The molecule has 0 aliphatic heterocycles. The first-order valence-corrected chi connectivity index (χ1v) is 19.8. The summed E-state index contributed by atoms with van der Waals surface area (Å²) < 4.78 is 19.3. The van der Waals surface area contributed by atoms with E-state index >= 15 is 0 Å². The smallest absolute Gasteiger partial charge is 0.203 e. The Hall–Kier alpha value is -1.38. The third-order valence-electron chi connectivity index (χ3n) is 8.99. The van der Waals surface area contributed by atoms with Gasteiger partial charge < -0.3 is 14.2 Å². The highest BCUT2D eigenvalue weighted by Gasteiger charge is 2.16. The minimum Gasteiger partial charge on any atom is -0.490 e. The molecule has 0 heterocycles. The molecule has 0 aliphatic carbocycles. The molecule has 3 nitrogen and oxygen atoms in total. The molecule has 0 N–H and O–H groups in total. The molecule has 0 saturated carbocycles. The van der Waals surface area contributed by atoms with E-state index in [9.17, 15) is 0 Å². The van der Waals surface area contributed by atoms with E-state index < -0.39 is 0 Å². The molecule has 0 saturated heterocycles. The maximum Gasteiger partial charge on any atom is 0.203 e. The lowest BCUT2D eigenvalue weighted by molar-refractivity contribution is 0.234. The fourth-order valence-corrected chi connectivity index (χ4v) is 5.97. The van der Waals surface area contributed by atoms with Gasteiger partial charge in [-0.1, -0.05) is 182 Å². The van der Waals surface area contributed by atoms with Crippen LogP contribution in [0.5, 0.6) is 17.2 Å². The molecule has 1 rings (SSSR count). The molecular weight excluding hydrogens is 540 g/mol. The Balaban J connectivity index is 2.57. The van der Waals surface area contributed by atoms with E-state index in [4.69, 9.17) is 14.2 Å². The Kier molecular flexibility index (Phi) is 29.2. The lowest BCUT2D eigenvalue weighted by Gasteiger charge is -2.19. The lowest BCUT2D eigenvalue weighted by Crippen LogP contribution is -2.07. The zero-order valence-corrected chi connectivity index (χ0v) is 30.3. The van der Waals surface area contributed by atoms with Crippen molar-refractivity contribution in [3.05, 3.63) is 17.7 Å². The largest absolute Gasteiger partial charge is 0.490 e. The van der Waals surface area contributed by atoms with E-state index in [1.54, 1.807) is 0 Å². The van der Waals surface area contributed by atoms with Crippen LogP contribution in [0.15, 0.2) is 12.1 Å². The summed E-state index contributed by atoms with van der Waals surface area (Å²) in [5, 5.41) is 0. The van der Waals surface area contributed by atoms with E-state index in [0.29, 0.717) is 0 Å². The summed E-state index contributed by atoms with van der Waals surface area (Å²) in [5.41, 5.74) is 1.27. The monoisotopic (exact) mass is 617 g/mol. The highest BCUT2D eigenvalue weighted by Crippen LogP contribution is 2.40. The van der Waals surface area contributed by atoms with Gasteiger partial charge in [-0.3, -0.25) is 0 Å². The standard InChI is InChI=1S/C41H76O3/c1-5-9-12-15-18-21-24-27-30-33-42-39-36-38(8-4)37-40(43-34-31-28-25-22-19-16-13-10-6-2)41(39)44-35-32-29-26-23-20-17-14-11-7-3/h36-37H,5-35H2,1-4H3. The van der Waals surface area contributed by atoms with Crippen molar-refractivity contribution in [3.63, 3.8) is 0 Å². The molecule has 258 valence electrons. The van der Waals surface area contributed by atoms with Gasteiger partial charge in [0.05, 0.1) is 19.8 Å². The quantitative estimate of drug-likeness (QED) is 0.0721. The van der Waals surface area contributed by atoms with Crippen molar-refractivity contribution in [2.24, 2.45) is 0 Å². The molecular formula is C41H76O3. The van der Waals surface area contributed by atoms with Gasteiger partial charge in [0.25, 0.3) is 0 Å². The van der Waals surface area contributed by atoms with Crippen LogP contribution in [0.3, 0.4) is 0 Å². The molecule has 3 heteroatoms.